The van der Waals surface area contributed by atoms with Crippen molar-refractivity contribution in [2.24, 2.45) is 5.92 Å². The molecule has 1 N–H and O–H groups in total. The van der Waals surface area contributed by atoms with Gasteiger partial charge in [0.1, 0.15) is 0 Å². The van der Waals surface area contributed by atoms with E-state index in [2.05, 4.69) is 5.32 Å². The number of nitro groups is 1. The number of hydrogen-bond acceptors (Lipinski definition) is 6. The molecule has 9 heteroatoms. The first kappa shape index (κ1) is 16.7. The highest BCUT2D eigenvalue weighted by Gasteiger charge is 2.60. The first-order chi connectivity index (χ1) is 10.9. The molecule has 1 aliphatic rings. The van der Waals surface area contributed by atoms with Crippen LogP contribution in [0.3, 0.4) is 0 Å². The second-order valence-electron chi connectivity index (χ2n) is 4.92. The second kappa shape index (κ2) is 6.22. The van der Waals surface area contributed by atoms with Gasteiger partial charge in [-0.05, 0) is 25.1 Å². The molecule has 0 bridgehead atoms. The molecule has 120 valence electrons. The van der Waals surface area contributed by atoms with E-state index in [1.54, 1.807) is 6.07 Å². The van der Waals surface area contributed by atoms with E-state index in [1.165, 1.54) is 25.1 Å². The van der Waals surface area contributed by atoms with Crippen LogP contribution >= 0.6 is 11.6 Å². The minimum Gasteiger partial charge on any atom is -0.465 e. The highest BCUT2D eigenvalue weighted by Crippen LogP contribution is 2.44. The first-order valence-corrected chi connectivity index (χ1v) is 7.04. The summed E-state index contributed by atoms with van der Waals surface area (Å²) in [6, 6.07) is 6.00. The number of anilines is 1. The molecule has 0 spiro atoms. The SMILES string of the molecule is CCOC(=O)[C@@H](C#N)[C@]1(C[N+](=O)[O-])C(=O)Nc2ccc(Cl)cc21. The molecule has 1 amide bonds. The van der Waals surface area contributed by atoms with E-state index in [0.717, 1.165) is 0 Å². The van der Waals surface area contributed by atoms with Crippen LogP contribution in [0.1, 0.15) is 12.5 Å². The summed E-state index contributed by atoms with van der Waals surface area (Å²) in [6.07, 6.45) is 0. The molecule has 0 fully saturated rings. The van der Waals surface area contributed by atoms with Crippen molar-refractivity contribution < 1.29 is 19.2 Å². The van der Waals surface area contributed by atoms with E-state index in [4.69, 9.17) is 16.3 Å². The third-order valence-electron chi connectivity index (χ3n) is 3.64. The second-order valence-corrected chi connectivity index (χ2v) is 5.36. The van der Waals surface area contributed by atoms with Gasteiger partial charge in [-0.15, -0.1) is 0 Å². The number of ether oxygens (including phenoxy) is 1. The Kier molecular flexibility index (Phi) is 4.52. The lowest BCUT2D eigenvalue weighted by molar-refractivity contribution is -0.488. The Morgan fingerprint density at radius 2 is 2.30 bits per heavy atom. The Hall–Kier alpha value is -2.66. The highest BCUT2D eigenvalue weighted by atomic mass is 35.5. The van der Waals surface area contributed by atoms with Gasteiger partial charge in [-0.3, -0.25) is 19.7 Å². The van der Waals surface area contributed by atoms with Crippen molar-refractivity contribution >= 4 is 29.2 Å². The molecule has 0 aliphatic carbocycles. The van der Waals surface area contributed by atoms with Crippen molar-refractivity contribution in [3.05, 3.63) is 38.9 Å². The molecule has 0 radical (unpaired) electrons. The number of benzene rings is 1. The lowest BCUT2D eigenvalue weighted by Crippen LogP contribution is -2.50. The van der Waals surface area contributed by atoms with Gasteiger partial charge in [-0.25, -0.2) is 0 Å². The molecule has 1 aliphatic heterocycles. The highest BCUT2D eigenvalue weighted by molar-refractivity contribution is 6.31. The summed E-state index contributed by atoms with van der Waals surface area (Å²) in [5.74, 6) is -3.45. The van der Waals surface area contributed by atoms with Crippen molar-refractivity contribution in [2.75, 3.05) is 18.5 Å². The van der Waals surface area contributed by atoms with Crippen molar-refractivity contribution in [2.45, 2.75) is 12.3 Å². The van der Waals surface area contributed by atoms with Crippen LogP contribution in [0.4, 0.5) is 5.69 Å². The van der Waals surface area contributed by atoms with E-state index < -0.39 is 34.7 Å². The predicted octanol–water partition coefficient (Wildman–Crippen LogP) is 1.51. The molecule has 2 atom stereocenters. The molecule has 0 saturated carbocycles. The molecule has 2 rings (SSSR count). The maximum Gasteiger partial charge on any atom is 0.325 e. The number of carbonyl (C=O) groups excluding carboxylic acids is 2. The van der Waals surface area contributed by atoms with E-state index in [0.29, 0.717) is 0 Å². The lowest BCUT2D eigenvalue weighted by Gasteiger charge is -2.26. The molecule has 23 heavy (non-hydrogen) atoms. The topological polar surface area (TPSA) is 122 Å². The van der Waals surface area contributed by atoms with Crippen molar-refractivity contribution in [1.29, 1.82) is 5.26 Å². The van der Waals surface area contributed by atoms with Gasteiger partial charge in [0.05, 0.1) is 12.7 Å². The Labute approximate surface area is 136 Å². The Balaban J connectivity index is 2.68. The fourth-order valence-electron chi connectivity index (χ4n) is 2.68. The molecular formula is C14H12ClN3O5. The van der Waals surface area contributed by atoms with Gasteiger partial charge in [0.25, 0.3) is 0 Å². The van der Waals surface area contributed by atoms with Crippen LogP contribution in [-0.2, 0) is 19.7 Å². The normalized spacial score (nSPS) is 20.1. The Morgan fingerprint density at radius 1 is 1.61 bits per heavy atom. The maximum atomic E-state index is 12.5. The number of nitrogens with zero attached hydrogens (tertiary/aromatic N) is 2. The molecule has 1 heterocycles. The molecule has 0 unspecified atom stereocenters. The third kappa shape index (κ3) is 2.71. The van der Waals surface area contributed by atoms with Crippen LogP contribution in [0.15, 0.2) is 18.2 Å². The number of nitriles is 1. The molecule has 1 aromatic rings. The van der Waals surface area contributed by atoms with Gasteiger partial charge in [-0.1, -0.05) is 11.6 Å². The van der Waals surface area contributed by atoms with Crippen LogP contribution in [-0.4, -0.2) is 30.0 Å². The molecular weight excluding hydrogens is 326 g/mol. The molecule has 1 aromatic carbocycles. The number of hydrogen-bond donors (Lipinski definition) is 1. The van der Waals surface area contributed by atoms with Crippen LogP contribution < -0.4 is 5.32 Å². The first-order valence-electron chi connectivity index (χ1n) is 6.66. The van der Waals surface area contributed by atoms with Crippen molar-refractivity contribution in [3.63, 3.8) is 0 Å². The molecule has 0 saturated heterocycles. The summed E-state index contributed by atoms with van der Waals surface area (Å²) in [7, 11) is 0. The minimum atomic E-state index is -1.98. The van der Waals surface area contributed by atoms with Crippen LogP contribution in [0, 0.1) is 27.4 Å². The third-order valence-corrected chi connectivity index (χ3v) is 3.87. The standard InChI is InChI=1S/C14H12ClN3O5/c1-2-23-12(19)10(6-16)14(7-18(21)22)9-5-8(15)3-4-11(9)17-13(14)20/h3-5,10H,2,7H2,1H3,(H,17,20)/t10-,14-/m1/s1. The van der Waals surface area contributed by atoms with E-state index >= 15 is 0 Å². The van der Waals surface area contributed by atoms with E-state index in [-0.39, 0.29) is 22.9 Å². The van der Waals surface area contributed by atoms with Gasteiger partial charge in [0, 0.05) is 21.2 Å². The predicted molar refractivity (Wildman–Crippen MR) is 79.4 cm³/mol. The average Bonchev–Trinajstić information content (AvgIpc) is 2.73. The maximum absolute atomic E-state index is 12.5. The summed E-state index contributed by atoms with van der Waals surface area (Å²) in [5.41, 5.74) is -1.55. The van der Waals surface area contributed by atoms with Gasteiger partial charge < -0.3 is 10.1 Å². The number of fused-ring (bicyclic) bond motifs is 1. The van der Waals surface area contributed by atoms with Crippen molar-refractivity contribution in [1.82, 2.24) is 0 Å². The minimum absolute atomic E-state index is 0.0183. The molecule has 0 aromatic heterocycles. The number of esters is 1. The summed E-state index contributed by atoms with van der Waals surface area (Å²) in [6.45, 7) is 0.588. The summed E-state index contributed by atoms with van der Waals surface area (Å²) in [4.78, 5) is 35.0. The number of rotatable bonds is 5. The summed E-state index contributed by atoms with van der Waals surface area (Å²) >= 11 is 5.92. The van der Waals surface area contributed by atoms with Gasteiger partial charge >= 0.3 is 5.97 Å². The summed E-state index contributed by atoms with van der Waals surface area (Å²) in [5, 5.41) is 23.2. The summed E-state index contributed by atoms with van der Waals surface area (Å²) < 4.78 is 4.81. The monoisotopic (exact) mass is 337 g/mol. The number of nitrogens with one attached hydrogen (secondary N) is 1. The van der Waals surface area contributed by atoms with Crippen LogP contribution in [0.25, 0.3) is 0 Å². The quantitative estimate of drug-likeness (QED) is 0.493. The van der Waals surface area contributed by atoms with Crippen molar-refractivity contribution in [3.8, 4) is 6.07 Å². The zero-order chi connectivity index (χ0) is 17.2. The lowest BCUT2D eigenvalue weighted by atomic mass is 9.71. The zero-order valence-corrected chi connectivity index (χ0v) is 12.8. The number of amides is 1. The Bertz CT molecular complexity index is 730. The van der Waals surface area contributed by atoms with E-state index in [1.807, 2.05) is 0 Å². The fraction of sp³-hybridized carbons (Fsp3) is 0.357. The van der Waals surface area contributed by atoms with Crippen LogP contribution in [0.5, 0.6) is 0 Å². The smallest absolute Gasteiger partial charge is 0.325 e. The van der Waals surface area contributed by atoms with E-state index in [9.17, 15) is 25.0 Å². The van der Waals surface area contributed by atoms with Gasteiger partial charge in [0.15, 0.2) is 11.3 Å². The molecule has 8 nitrogen and oxygen atoms in total. The zero-order valence-electron chi connectivity index (χ0n) is 12.0. The number of carbonyl (C=O) groups is 2. The largest absolute Gasteiger partial charge is 0.465 e. The van der Waals surface area contributed by atoms with Gasteiger partial charge in [-0.2, -0.15) is 5.26 Å². The fourth-order valence-corrected chi connectivity index (χ4v) is 2.85. The average molecular weight is 338 g/mol. The van der Waals surface area contributed by atoms with Gasteiger partial charge in [0.2, 0.25) is 12.5 Å². The Morgan fingerprint density at radius 3 is 2.87 bits per heavy atom. The van der Waals surface area contributed by atoms with Crippen LogP contribution in [0.2, 0.25) is 5.02 Å². The number of halogens is 1.